The summed E-state index contributed by atoms with van der Waals surface area (Å²) in [4.78, 5) is 29.9. The molecule has 0 amide bonds. The molecule has 1 heterocycles. The highest BCUT2D eigenvalue weighted by Gasteiger charge is 2.33. The fraction of sp³-hybridized carbons (Fsp3) is 0.0833. The number of benzene rings is 3. The number of anilines is 1. The topological polar surface area (TPSA) is 37.4 Å². The molecule has 4 rings (SSSR count). The number of alkyl halides is 3. The van der Waals surface area contributed by atoms with Gasteiger partial charge in [0.2, 0.25) is 3.79 Å². The predicted octanol–water partition coefficient (Wildman–Crippen LogP) is 7.03. The minimum Gasteiger partial charge on any atom is -0.337 e. The lowest BCUT2D eigenvalue weighted by atomic mass is 9.95. The van der Waals surface area contributed by atoms with Crippen molar-refractivity contribution in [3.63, 3.8) is 0 Å². The van der Waals surface area contributed by atoms with Gasteiger partial charge in [0.1, 0.15) is 5.57 Å². The number of ketones is 2. The SMILES string of the molecule is CN1C(=C(C(=O)c2ccccc2)C(=O)c2ccc(C(Cl)(Cl)Cl)cc2)Sc2ccccc21. The number of carbonyl (C=O) groups excluding carboxylic acids is 2. The van der Waals surface area contributed by atoms with E-state index in [1.807, 2.05) is 42.3 Å². The quantitative estimate of drug-likeness (QED) is 0.130. The van der Waals surface area contributed by atoms with E-state index in [4.69, 9.17) is 34.8 Å². The van der Waals surface area contributed by atoms with E-state index in [2.05, 4.69) is 0 Å². The minimum absolute atomic E-state index is 0.108. The lowest BCUT2D eigenvalue weighted by molar-refractivity contribution is 0.0961. The minimum atomic E-state index is -1.59. The Kier molecular flexibility index (Phi) is 6.18. The van der Waals surface area contributed by atoms with Crippen LogP contribution in [0.15, 0.2) is 94.4 Å². The van der Waals surface area contributed by atoms with E-state index in [9.17, 15) is 9.59 Å². The van der Waals surface area contributed by atoms with Gasteiger partial charge in [-0.05, 0) is 12.1 Å². The molecular weight excluding hydrogens is 473 g/mol. The van der Waals surface area contributed by atoms with E-state index in [-0.39, 0.29) is 17.1 Å². The molecule has 0 aromatic heterocycles. The maximum atomic E-state index is 13.6. The molecule has 0 radical (unpaired) electrons. The van der Waals surface area contributed by atoms with Crippen molar-refractivity contribution in [2.45, 2.75) is 8.69 Å². The second-order valence-electron chi connectivity index (χ2n) is 6.91. The van der Waals surface area contributed by atoms with Gasteiger partial charge in [-0.15, -0.1) is 0 Å². The summed E-state index contributed by atoms with van der Waals surface area (Å²) in [6.45, 7) is 0. The van der Waals surface area contributed by atoms with Crippen molar-refractivity contribution in [3.8, 4) is 0 Å². The first-order valence-corrected chi connectivity index (χ1v) is 11.3. The van der Waals surface area contributed by atoms with Crippen molar-refractivity contribution in [2.75, 3.05) is 11.9 Å². The van der Waals surface area contributed by atoms with Gasteiger partial charge in [0.15, 0.2) is 11.6 Å². The predicted molar refractivity (Wildman–Crippen MR) is 129 cm³/mol. The smallest absolute Gasteiger partial charge is 0.216 e. The van der Waals surface area contributed by atoms with Crippen LogP contribution in [0.2, 0.25) is 0 Å². The van der Waals surface area contributed by atoms with Crippen LogP contribution in [0.25, 0.3) is 0 Å². The molecule has 1 aliphatic rings. The molecule has 156 valence electrons. The first-order valence-electron chi connectivity index (χ1n) is 9.34. The van der Waals surface area contributed by atoms with Crippen LogP contribution in [-0.2, 0) is 3.79 Å². The zero-order chi connectivity index (χ0) is 22.2. The molecule has 0 atom stereocenters. The zero-order valence-electron chi connectivity index (χ0n) is 16.3. The largest absolute Gasteiger partial charge is 0.337 e. The van der Waals surface area contributed by atoms with Crippen molar-refractivity contribution in [1.29, 1.82) is 0 Å². The first kappa shape index (κ1) is 22.0. The van der Waals surface area contributed by atoms with Gasteiger partial charge >= 0.3 is 0 Å². The summed E-state index contributed by atoms with van der Waals surface area (Å²) in [6, 6.07) is 22.9. The van der Waals surface area contributed by atoms with Crippen LogP contribution in [-0.4, -0.2) is 18.6 Å². The van der Waals surface area contributed by atoms with Gasteiger partial charge in [-0.2, -0.15) is 0 Å². The number of thioether (sulfide) groups is 1. The van der Waals surface area contributed by atoms with Gasteiger partial charge in [0.05, 0.1) is 10.7 Å². The lowest BCUT2D eigenvalue weighted by Gasteiger charge is -2.18. The first-order chi connectivity index (χ1) is 14.8. The van der Waals surface area contributed by atoms with Crippen molar-refractivity contribution >= 4 is 63.8 Å². The van der Waals surface area contributed by atoms with Crippen LogP contribution >= 0.6 is 46.6 Å². The number of Topliss-reactive ketones (excluding diaryl/α,β-unsaturated/α-hetero) is 2. The summed E-state index contributed by atoms with van der Waals surface area (Å²) < 4.78 is -1.59. The third kappa shape index (κ3) is 4.39. The zero-order valence-corrected chi connectivity index (χ0v) is 19.4. The second-order valence-corrected chi connectivity index (χ2v) is 10.2. The maximum Gasteiger partial charge on any atom is 0.216 e. The van der Waals surface area contributed by atoms with Gasteiger partial charge in [-0.1, -0.05) is 113 Å². The molecule has 0 unspecified atom stereocenters. The molecule has 0 spiro atoms. The van der Waals surface area contributed by atoms with Crippen LogP contribution in [0.5, 0.6) is 0 Å². The summed E-state index contributed by atoms with van der Waals surface area (Å²) in [5, 5.41) is 0.588. The summed E-state index contributed by atoms with van der Waals surface area (Å²) in [6.07, 6.45) is 0. The fourth-order valence-electron chi connectivity index (χ4n) is 3.31. The molecule has 0 saturated heterocycles. The highest BCUT2D eigenvalue weighted by atomic mass is 35.6. The molecule has 1 aliphatic heterocycles. The molecule has 0 bridgehead atoms. The molecule has 3 aromatic rings. The number of hydrogen-bond acceptors (Lipinski definition) is 4. The summed E-state index contributed by atoms with van der Waals surface area (Å²) in [5.74, 6) is -0.718. The average molecular weight is 489 g/mol. The molecule has 31 heavy (non-hydrogen) atoms. The molecule has 3 nitrogen and oxygen atoms in total. The van der Waals surface area contributed by atoms with Crippen molar-refractivity contribution in [3.05, 3.63) is 106 Å². The van der Waals surface area contributed by atoms with E-state index >= 15 is 0 Å². The number of halogens is 3. The van der Waals surface area contributed by atoms with Crippen LogP contribution in [0, 0.1) is 0 Å². The second kappa shape index (κ2) is 8.71. The molecule has 3 aromatic carbocycles. The summed E-state index contributed by atoms with van der Waals surface area (Å²) >= 11 is 19.2. The monoisotopic (exact) mass is 487 g/mol. The Hall–Kier alpha value is -2.24. The van der Waals surface area contributed by atoms with E-state index in [1.165, 1.54) is 11.8 Å². The van der Waals surface area contributed by atoms with Crippen molar-refractivity contribution in [1.82, 2.24) is 0 Å². The third-order valence-electron chi connectivity index (χ3n) is 4.92. The molecule has 0 fully saturated rings. The number of nitrogens with zero attached hydrogens (tertiary/aromatic N) is 1. The van der Waals surface area contributed by atoms with E-state index in [0.29, 0.717) is 21.7 Å². The highest BCUT2D eigenvalue weighted by Crippen LogP contribution is 2.47. The van der Waals surface area contributed by atoms with E-state index < -0.39 is 3.79 Å². The van der Waals surface area contributed by atoms with Gasteiger partial charge in [-0.25, -0.2) is 0 Å². The Bertz CT molecular complexity index is 1190. The Balaban J connectivity index is 1.82. The molecular formula is C24H16Cl3NO2S. The summed E-state index contributed by atoms with van der Waals surface area (Å²) in [5.41, 5.74) is 2.28. The Labute approximate surface area is 199 Å². The third-order valence-corrected chi connectivity index (χ3v) is 6.81. The normalized spacial score (nSPS) is 14.9. The Morgan fingerprint density at radius 2 is 1.32 bits per heavy atom. The van der Waals surface area contributed by atoms with Gasteiger partial charge in [0, 0.05) is 28.6 Å². The van der Waals surface area contributed by atoms with Crippen LogP contribution < -0.4 is 4.90 Å². The van der Waals surface area contributed by atoms with Crippen LogP contribution in [0.1, 0.15) is 26.3 Å². The van der Waals surface area contributed by atoms with Crippen molar-refractivity contribution < 1.29 is 9.59 Å². The number of carbonyl (C=O) groups is 2. The molecule has 0 N–H and O–H groups in total. The van der Waals surface area contributed by atoms with Gasteiger partial charge in [-0.3, -0.25) is 9.59 Å². The fourth-order valence-corrected chi connectivity index (χ4v) is 4.87. The average Bonchev–Trinajstić information content (AvgIpc) is 3.10. The number of rotatable bonds is 4. The number of fused-ring (bicyclic) bond motifs is 1. The Morgan fingerprint density at radius 1 is 0.774 bits per heavy atom. The van der Waals surface area contributed by atoms with Crippen LogP contribution in [0.4, 0.5) is 5.69 Å². The van der Waals surface area contributed by atoms with E-state index in [0.717, 1.165) is 10.6 Å². The molecule has 0 saturated carbocycles. The van der Waals surface area contributed by atoms with Gasteiger partial charge < -0.3 is 4.90 Å². The van der Waals surface area contributed by atoms with E-state index in [1.54, 1.807) is 48.5 Å². The number of allylic oxidation sites excluding steroid dienone is 1. The maximum absolute atomic E-state index is 13.6. The highest BCUT2D eigenvalue weighted by molar-refractivity contribution is 8.03. The number of hydrogen-bond donors (Lipinski definition) is 0. The Morgan fingerprint density at radius 3 is 1.90 bits per heavy atom. The summed E-state index contributed by atoms with van der Waals surface area (Å²) in [7, 11) is 1.85. The van der Waals surface area contributed by atoms with Crippen LogP contribution in [0.3, 0.4) is 0 Å². The molecule has 0 aliphatic carbocycles. The number of para-hydroxylation sites is 1. The lowest BCUT2D eigenvalue weighted by Crippen LogP contribution is -2.22. The molecule has 7 heteroatoms. The van der Waals surface area contributed by atoms with Crippen molar-refractivity contribution in [2.24, 2.45) is 0 Å². The standard InChI is InChI=1S/C24H16Cl3NO2S/c1-28-18-9-5-6-10-19(18)31-23(28)20(21(29)15-7-3-2-4-8-15)22(30)16-11-13-17(14-12-16)24(25,26)27/h2-14H,1H3. The van der Waals surface area contributed by atoms with Gasteiger partial charge in [0.25, 0.3) is 0 Å².